The predicted molar refractivity (Wildman–Crippen MR) is 32.3 cm³/mol. The Kier molecular flexibility index (Phi) is 3.28. The van der Waals surface area contributed by atoms with Crippen molar-refractivity contribution in [1.82, 2.24) is 0 Å². The van der Waals surface area contributed by atoms with Crippen LogP contribution in [-0.4, -0.2) is 11.4 Å². The zero-order valence-electron chi connectivity index (χ0n) is 3.90. The van der Waals surface area contributed by atoms with Crippen molar-refractivity contribution >= 4 is 17.6 Å². The Bertz CT molecular complexity index is 105. The highest BCUT2D eigenvalue weighted by molar-refractivity contribution is 7.79. The number of nitrogens with zero attached hydrogens (tertiary/aromatic N) is 3. The van der Waals surface area contributed by atoms with Crippen molar-refractivity contribution in [3.05, 3.63) is 10.4 Å². The number of hydrogen-bond donors (Lipinski definition) is 0. The van der Waals surface area contributed by atoms with Gasteiger partial charge in [0.2, 0.25) is 0 Å². The molecule has 0 radical (unpaired) electrons. The molecule has 7 heavy (non-hydrogen) atoms. The molecule has 0 fully saturated rings. The van der Waals surface area contributed by atoms with E-state index in [0.29, 0.717) is 0 Å². The van der Waals surface area contributed by atoms with Gasteiger partial charge < -0.3 is 0 Å². The van der Waals surface area contributed by atoms with Gasteiger partial charge >= 0.3 is 0 Å². The minimum absolute atomic E-state index is 0.153. The summed E-state index contributed by atoms with van der Waals surface area (Å²) in [6, 6.07) is -0.153. The molecule has 0 heterocycles. The Hall–Kier alpha value is -0.600. The molecule has 0 saturated heterocycles. The van der Waals surface area contributed by atoms with E-state index in [1.807, 2.05) is 0 Å². The molecule has 1 atom stereocenters. The molecule has 0 N–H and O–H groups in total. The van der Waals surface area contributed by atoms with E-state index in [2.05, 4.69) is 22.2 Å². The monoisotopic (exact) mass is 115 g/mol. The van der Waals surface area contributed by atoms with Crippen LogP contribution >= 0.6 is 12.2 Å². The van der Waals surface area contributed by atoms with E-state index in [1.165, 1.54) is 5.37 Å². The molecule has 0 aliphatic heterocycles. The second-order valence-corrected chi connectivity index (χ2v) is 1.35. The van der Waals surface area contributed by atoms with Gasteiger partial charge in [0, 0.05) is 4.91 Å². The Morgan fingerprint density at radius 2 is 2.57 bits per heavy atom. The van der Waals surface area contributed by atoms with E-state index in [9.17, 15) is 0 Å². The van der Waals surface area contributed by atoms with E-state index in [4.69, 9.17) is 5.53 Å². The molecule has 0 amide bonds. The average Bonchev–Trinajstić information content (AvgIpc) is 1.68. The van der Waals surface area contributed by atoms with Crippen molar-refractivity contribution in [3.8, 4) is 0 Å². The van der Waals surface area contributed by atoms with Gasteiger partial charge in [0.15, 0.2) is 0 Å². The molecule has 0 aromatic carbocycles. The first kappa shape index (κ1) is 6.40. The fraction of sp³-hybridized carbons (Fsp3) is 0.667. The first-order valence-electron chi connectivity index (χ1n) is 1.80. The smallest absolute Gasteiger partial charge is 0.0630 e. The quantitative estimate of drug-likeness (QED) is 0.234. The van der Waals surface area contributed by atoms with Crippen LogP contribution in [0.1, 0.15) is 6.92 Å². The van der Waals surface area contributed by atoms with Crippen LogP contribution in [0.2, 0.25) is 0 Å². The molecular formula is C3H5N3S. The Morgan fingerprint density at radius 3 is 2.71 bits per heavy atom. The van der Waals surface area contributed by atoms with E-state index in [0.717, 1.165) is 0 Å². The summed E-state index contributed by atoms with van der Waals surface area (Å²) in [5.74, 6) is 0. The highest BCUT2D eigenvalue weighted by Gasteiger charge is 1.84. The van der Waals surface area contributed by atoms with Crippen molar-refractivity contribution in [2.75, 3.05) is 0 Å². The molecule has 38 valence electrons. The number of hydrogen-bond acceptors (Lipinski definition) is 2. The van der Waals surface area contributed by atoms with Crippen molar-refractivity contribution in [1.29, 1.82) is 0 Å². The van der Waals surface area contributed by atoms with Crippen LogP contribution in [0.25, 0.3) is 10.4 Å². The first-order chi connectivity index (χ1) is 3.31. The van der Waals surface area contributed by atoms with Crippen LogP contribution in [0, 0.1) is 0 Å². The van der Waals surface area contributed by atoms with Crippen LogP contribution in [0.5, 0.6) is 0 Å². The number of rotatable bonds is 2. The lowest BCUT2D eigenvalue weighted by molar-refractivity contribution is 0.990. The average molecular weight is 115 g/mol. The highest BCUT2D eigenvalue weighted by atomic mass is 32.1. The standard InChI is InChI=1S/C3H5N3S/c1-3(2-7)5-6-4/h2-3H,1H3. The molecule has 4 heteroatoms. The molecule has 1 unspecified atom stereocenters. The molecule has 0 aliphatic rings. The molecule has 0 aliphatic carbocycles. The molecule has 0 saturated carbocycles. The summed E-state index contributed by atoms with van der Waals surface area (Å²) < 4.78 is 0. The molecule has 0 rings (SSSR count). The van der Waals surface area contributed by atoms with Crippen LogP contribution < -0.4 is 0 Å². The Morgan fingerprint density at radius 1 is 2.00 bits per heavy atom. The first-order valence-corrected chi connectivity index (χ1v) is 2.28. The van der Waals surface area contributed by atoms with E-state index >= 15 is 0 Å². The summed E-state index contributed by atoms with van der Waals surface area (Å²) in [7, 11) is 0. The number of thiocarbonyl (C=S) groups is 1. The van der Waals surface area contributed by atoms with Gasteiger partial charge in [0.05, 0.1) is 6.04 Å². The maximum absolute atomic E-state index is 7.76. The lowest BCUT2D eigenvalue weighted by Crippen LogP contribution is -1.92. The van der Waals surface area contributed by atoms with Gasteiger partial charge in [-0.25, -0.2) is 0 Å². The largest absolute Gasteiger partial charge is 0.0931 e. The molecule has 0 bridgehead atoms. The third-order valence-electron chi connectivity index (χ3n) is 0.431. The second-order valence-electron chi connectivity index (χ2n) is 1.08. The minimum Gasteiger partial charge on any atom is -0.0931 e. The molecule has 0 spiro atoms. The zero-order valence-corrected chi connectivity index (χ0v) is 4.72. The molecule has 3 nitrogen and oxygen atoms in total. The van der Waals surface area contributed by atoms with Gasteiger partial charge in [-0.05, 0) is 10.9 Å². The SMILES string of the molecule is CC(C=S)N=[N+]=[N-]. The lowest BCUT2D eigenvalue weighted by atomic mass is 10.4. The Balaban J connectivity index is 3.56. The second kappa shape index (κ2) is 3.59. The van der Waals surface area contributed by atoms with Crippen molar-refractivity contribution < 1.29 is 0 Å². The summed E-state index contributed by atoms with van der Waals surface area (Å²) in [4.78, 5) is 2.53. The molecular weight excluding hydrogens is 110 g/mol. The fourth-order valence-corrected chi connectivity index (χ4v) is 0.163. The van der Waals surface area contributed by atoms with Crippen molar-refractivity contribution in [3.63, 3.8) is 0 Å². The normalized spacial score (nSPS) is 11.6. The van der Waals surface area contributed by atoms with Gasteiger partial charge in [-0.2, -0.15) is 0 Å². The van der Waals surface area contributed by atoms with E-state index in [-0.39, 0.29) is 6.04 Å². The summed E-state index contributed by atoms with van der Waals surface area (Å²) in [6.07, 6.45) is 0. The fourth-order valence-electron chi connectivity index (χ4n) is 0.109. The third kappa shape index (κ3) is 3.22. The maximum Gasteiger partial charge on any atom is 0.0630 e. The number of azide groups is 1. The van der Waals surface area contributed by atoms with Gasteiger partial charge in [-0.15, -0.1) is 0 Å². The third-order valence-corrected chi connectivity index (χ3v) is 0.825. The van der Waals surface area contributed by atoms with Crippen LogP contribution in [0.3, 0.4) is 0 Å². The maximum atomic E-state index is 7.76. The summed E-state index contributed by atoms with van der Waals surface area (Å²) in [6.45, 7) is 1.73. The summed E-state index contributed by atoms with van der Waals surface area (Å²) >= 11 is 4.45. The van der Waals surface area contributed by atoms with Gasteiger partial charge in [0.1, 0.15) is 0 Å². The lowest BCUT2D eigenvalue weighted by Gasteiger charge is -1.84. The zero-order chi connectivity index (χ0) is 5.70. The van der Waals surface area contributed by atoms with Crippen LogP contribution in [-0.2, 0) is 0 Å². The van der Waals surface area contributed by atoms with Crippen LogP contribution in [0.15, 0.2) is 5.11 Å². The molecule has 0 aromatic rings. The van der Waals surface area contributed by atoms with Gasteiger partial charge in [0.25, 0.3) is 0 Å². The van der Waals surface area contributed by atoms with E-state index < -0.39 is 0 Å². The van der Waals surface area contributed by atoms with Gasteiger partial charge in [-0.3, -0.25) is 0 Å². The summed E-state index contributed by atoms with van der Waals surface area (Å²) in [5, 5.41) is 4.68. The molecule has 0 aromatic heterocycles. The highest BCUT2D eigenvalue weighted by Crippen LogP contribution is 1.82. The van der Waals surface area contributed by atoms with Crippen LogP contribution in [0.4, 0.5) is 0 Å². The van der Waals surface area contributed by atoms with Crippen molar-refractivity contribution in [2.24, 2.45) is 5.11 Å². The van der Waals surface area contributed by atoms with Gasteiger partial charge in [-0.1, -0.05) is 24.3 Å². The predicted octanol–water partition coefficient (Wildman–Crippen LogP) is 1.68. The van der Waals surface area contributed by atoms with Crippen molar-refractivity contribution in [2.45, 2.75) is 13.0 Å². The summed E-state index contributed by atoms with van der Waals surface area (Å²) in [5.41, 5.74) is 7.76. The minimum atomic E-state index is -0.153. The topological polar surface area (TPSA) is 48.8 Å². The Labute approximate surface area is 47.0 Å². The van der Waals surface area contributed by atoms with E-state index in [1.54, 1.807) is 6.92 Å².